The van der Waals surface area contributed by atoms with Gasteiger partial charge in [0.2, 0.25) is 0 Å². The lowest BCUT2D eigenvalue weighted by Gasteiger charge is -2.20. The number of nitro benzene ring substituents is 2. The van der Waals surface area contributed by atoms with Crippen molar-refractivity contribution in [1.82, 2.24) is 10.4 Å². The summed E-state index contributed by atoms with van der Waals surface area (Å²) < 4.78 is 9.89. The number of imide groups is 1. The highest BCUT2D eigenvalue weighted by Gasteiger charge is 2.25. The number of hydrogen-bond acceptors (Lipinski definition) is 9. The zero-order valence-corrected chi connectivity index (χ0v) is 16.8. The predicted octanol–water partition coefficient (Wildman–Crippen LogP) is 3.22. The van der Waals surface area contributed by atoms with Gasteiger partial charge >= 0.3 is 12.2 Å². The number of nitrogens with one attached hydrogen (secondary N) is 1. The van der Waals surface area contributed by atoms with Gasteiger partial charge in [0.25, 0.3) is 17.3 Å². The second-order valence-electron chi connectivity index (χ2n) is 6.17. The normalized spacial score (nSPS) is 10.0. The predicted molar refractivity (Wildman–Crippen MR) is 107 cm³/mol. The number of carbonyl (C=O) groups excluding carboxylic acids is 3. The van der Waals surface area contributed by atoms with Crippen LogP contribution in [0.3, 0.4) is 0 Å². The van der Waals surface area contributed by atoms with Crippen LogP contribution in [0.15, 0.2) is 48.5 Å². The van der Waals surface area contributed by atoms with E-state index in [1.807, 2.05) is 5.43 Å². The third-order valence-corrected chi connectivity index (χ3v) is 3.96. The highest BCUT2D eigenvalue weighted by Crippen LogP contribution is 2.14. The molecule has 1 N–H and O–H groups in total. The summed E-state index contributed by atoms with van der Waals surface area (Å²) >= 11 is 0. The number of amides is 3. The molecule has 0 spiro atoms. The van der Waals surface area contributed by atoms with Crippen LogP contribution in [0.25, 0.3) is 0 Å². The summed E-state index contributed by atoms with van der Waals surface area (Å²) in [5.74, 6) is -0.772. The third-order valence-electron chi connectivity index (χ3n) is 3.96. The molecule has 3 amide bonds. The summed E-state index contributed by atoms with van der Waals surface area (Å²) in [6, 6.07) is 10.5. The van der Waals surface area contributed by atoms with E-state index in [0.717, 1.165) is 0 Å². The Morgan fingerprint density at radius 2 is 1.28 bits per heavy atom. The molecule has 0 bridgehead atoms. The van der Waals surface area contributed by atoms with Gasteiger partial charge in [0, 0.05) is 30.7 Å². The first-order valence-electron chi connectivity index (χ1n) is 9.11. The zero-order chi connectivity index (χ0) is 23.7. The molecular formula is C19H18N4O9. The van der Waals surface area contributed by atoms with E-state index in [9.17, 15) is 34.6 Å². The third kappa shape index (κ3) is 6.76. The van der Waals surface area contributed by atoms with Crippen LogP contribution in [0.2, 0.25) is 0 Å². The highest BCUT2D eigenvalue weighted by atomic mass is 16.6. The van der Waals surface area contributed by atoms with Gasteiger partial charge in [0.15, 0.2) is 0 Å². The monoisotopic (exact) mass is 446 g/mol. The highest BCUT2D eigenvalue weighted by molar-refractivity contribution is 5.93. The fourth-order valence-corrected chi connectivity index (χ4v) is 2.28. The van der Waals surface area contributed by atoms with Gasteiger partial charge in [-0.05, 0) is 35.4 Å². The topological polar surface area (TPSA) is 171 Å². The minimum atomic E-state index is -1.18. The maximum Gasteiger partial charge on any atom is 0.436 e. The van der Waals surface area contributed by atoms with E-state index in [1.54, 1.807) is 0 Å². The van der Waals surface area contributed by atoms with E-state index in [0.29, 0.717) is 16.1 Å². The van der Waals surface area contributed by atoms with Crippen molar-refractivity contribution in [3.63, 3.8) is 0 Å². The number of ether oxygens (including phenoxy) is 2. The van der Waals surface area contributed by atoms with Crippen LogP contribution in [0.1, 0.15) is 24.5 Å². The second-order valence-corrected chi connectivity index (χ2v) is 6.17. The van der Waals surface area contributed by atoms with Gasteiger partial charge in [-0.3, -0.25) is 25.0 Å². The van der Waals surface area contributed by atoms with Crippen molar-refractivity contribution in [2.75, 3.05) is 0 Å². The van der Waals surface area contributed by atoms with Gasteiger partial charge in [-0.25, -0.2) is 15.0 Å². The van der Waals surface area contributed by atoms with Crippen LogP contribution in [-0.4, -0.2) is 32.9 Å². The Morgan fingerprint density at radius 3 is 1.69 bits per heavy atom. The van der Waals surface area contributed by atoms with Crippen LogP contribution >= 0.6 is 0 Å². The molecule has 168 valence electrons. The standard InChI is InChI=1S/C19H18N4O9/c1-2-17(24)21(19(26)32-12-14-5-9-16(10-6-14)23(29)30)20-18(25)31-11-13-3-7-15(8-4-13)22(27)28/h3-10H,2,11-12H2,1H3,(H,20,25). The first-order valence-corrected chi connectivity index (χ1v) is 9.11. The van der Waals surface area contributed by atoms with Crippen molar-refractivity contribution in [3.05, 3.63) is 79.9 Å². The molecule has 0 fully saturated rings. The molecule has 0 aliphatic heterocycles. The SMILES string of the molecule is CCC(=O)N(NC(=O)OCc1ccc([N+](=O)[O-])cc1)C(=O)OCc1ccc([N+](=O)[O-])cc1. The lowest BCUT2D eigenvalue weighted by atomic mass is 10.2. The van der Waals surface area contributed by atoms with Crippen molar-refractivity contribution < 1.29 is 33.7 Å². The van der Waals surface area contributed by atoms with Crippen molar-refractivity contribution in [2.45, 2.75) is 26.6 Å². The Bertz CT molecular complexity index is 1010. The van der Waals surface area contributed by atoms with Crippen LogP contribution in [-0.2, 0) is 27.5 Å². The lowest BCUT2D eigenvalue weighted by Crippen LogP contribution is -2.49. The molecule has 2 rings (SSSR count). The molecule has 13 heteroatoms. The average Bonchev–Trinajstić information content (AvgIpc) is 2.79. The van der Waals surface area contributed by atoms with E-state index in [1.165, 1.54) is 55.5 Å². The zero-order valence-electron chi connectivity index (χ0n) is 16.8. The van der Waals surface area contributed by atoms with Crippen molar-refractivity contribution in [1.29, 1.82) is 0 Å². The number of nitrogens with zero attached hydrogens (tertiary/aromatic N) is 3. The summed E-state index contributed by atoms with van der Waals surface area (Å²) in [6.45, 7) is 0.891. The fraction of sp³-hybridized carbons (Fsp3) is 0.211. The minimum absolute atomic E-state index is 0.130. The van der Waals surface area contributed by atoms with Gasteiger partial charge in [-0.1, -0.05) is 6.92 Å². The quantitative estimate of drug-likeness (QED) is 0.495. The van der Waals surface area contributed by atoms with Gasteiger partial charge in [0.05, 0.1) is 9.85 Å². The number of carbonyl (C=O) groups is 3. The molecule has 2 aromatic rings. The molecule has 0 saturated carbocycles. The van der Waals surface area contributed by atoms with Crippen LogP contribution in [0.5, 0.6) is 0 Å². The molecule has 13 nitrogen and oxygen atoms in total. The largest absolute Gasteiger partial charge is 0.443 e. The second kappa shape index (κ2) is 11.0. The Hall–Kier alpha value is -4.55. The van der Waals surface area contributed by atoms with Crippen LogP contribution < -0.4 is 5.43 Å². The number of hydrogen-bond donors (Lipinski definition) is 1. The van der Waals surface area contributed by atoms with Gasteiger partial charge in [0.1, 0.15) is 13.2 Å². The minimum Gasteiger partial charge on any atom is -0.443 e. The van der Waals surface area contributed by atoms with Gasteiger partial charge in [-0.2, -0.15) is 0 Å². The maximum atomic E-state index is 12.2. The van der Waals surface area contributed by atoms with E-state index in [-0.39, 0.29) is 31.0 Å². The molecule has 0 aliphatic carbocycles. The van der Waals surface area contributed by atoms with Crippen LogP contribution in [0.4, 0.5) is 21.0 Å². The number of benzene rings is 2. The van der Waals surface area contributed by atoms with E-state index < -0.39 is 27.9 Å². The van der Waals surface area contributed by atoms with Crippen molar-refractivity contribution in [3.8, 4) is 0 Å². The first-order chi connectivity index (χ1) is 15.2. The molecule has 0 atom stereocenters. The summed E-state index contributed by atoms with van der Waals surface area (Å²) in [4.78, 5) is 56.4. The lowest BCUT2D eigenvalue weighted by molar-refractivity contribution is -0.385. The van der Waals surface area contributed by atoms with Gasteiger partial charge in [-0.15, -0.1) is 5.01 Å². The molecule has 0 aliphatic rings. The molecule has 32 heavy (non-hydrogen) atoms. The van der Waals surface area contributed by atoms with Crippen molar-refractivity contribution in [2.24, 2.45) is 0 Å². The smallest absolute Gasteiger partial charge is 0.436 e. The first kappa shape index (κ1) is 23.7. The number of non-ortho nitro benzene ring substituents is 2. The van der Waals surface area contributed by atoms with Gasteiger partial charge < -0.3 is 9.47 Å². The average molecular weight is 446 g/mol. The Morgan fingerprint density at radius 1 is 0.844 bits per heavy atom. The molecule has 0 aromatic heterocycles. The number of rotatable bonds is 7. The maximum absolute atomic E-state index is 12.2. The summed E-state index contributed by atoms with van der Waals surface area (Å²) in [6.07, 6.45) is -2.44. The number of nitro groups is 2. The number of hydrazine groups is 1. The van der Waals surface area contributed by atoms with E-state index in [2.05, 4.69) is 0 Å². The molecule has 0 unspecified atom stereocenters. The van der Waals surface area contributed by atoms with E-state index in [4.69, 9.17) is 9.47 Å². The molecule has 0 heterocycles. The Kier molecular flexibility index (Phi) is 8.16. The molecule has 0 radical (unpaired) electrons. The van der Waals surface area contributed by atoms with E-state index >= 15 is 0 Å². The Labute approximate surface area is 180 Å². The Balaban J connectivity index is 1.92. The summed E-state index contributed by atoms with van der Waals surface area (Å²) in [5.41, 5.74) is 2.58. The summed E-state index contributed by atoms with van der Waals surface area (Å²) in [5, 5.41) is 21.7. The van der Waals surface area contributed by atoms with Crippen LogP contribution in [0, 0.1) is 20.2 Å². The molecular weight excluding hydrogens is 428 g/mol. The van der Waals surface area contributed by atoms with Crippen molar-refractivity contribution >= 4 is 29.5 Å². The fourth-order valence-electron chi connectivity index (χ4n) is 2.28. The molecule has 2 aromatic carbocycles. The molecule has 0 saturated heterocycles. The summed E-state index contributed by atoms with van der Waals surface area (Å²) in [7, 11) is 0.